The van der Waals surface area contributed by atoms with Crippen LogP contribution >= 0.6 is 0 Å². The first-order chi connectivity index (χ1) is 14.3. The van der Waals surface area contributed by atoms with Gasteiger partial charge in [-0.2, -0.15) is 4.31 Å². The zero-order valence-corrected chi connectivity index (χ0v) is 18.2. The van der Waals surface area contributed by atoms with E-state index in [1.54, 1.807) is 19.1 Å². The maximum atomic E-state index is 13.2. The highest BCUT2D eigenvalue weighted by molar-refractivity contribution is 7.89. The van der Waals surface area contributed by atoms with Gasteiger partial charge >= 0.3 is 11.8 Å². The monoisotopic (exact) mass is 439 g/mol. The van der Waals surface area contributed by atoms with Crippen LogP contribution in [0.5, 0.6) is 5.75 Å². The Labute approximate surface area is 177 Å². The topological polar surface area (TPSA) is 114 Å². The van der Waals surface area contributed by atoms with Crippen molar-refractivity contribution < 1.29 is 27.5 Å². The third-order valence-electron chi connectivity index (χ3n) is 5.46. The van der Waals surface area contributed by atoms with Gasteiger partial charge < -0.3 is 20.1 Å². The lowest BCUT2D eigenvalue weighted by molar-refractivity contribution is -0.140. The first kappa shape index (κ1) is 22.5. The molecule has 1 atom stereocenters. The molecule has 1 aromatic carbocycles. The van der Waals surface area contributed by atoms with Gasteiger partial charge in [0.1, 0.15) is 12.0 Å². The summed E-state index contributed by atoms with van der Waals surface area (Å²) in [6, 6.07) is 4.68. The zero-order chi connectivity index (χ0) is 21.7. The summed E-state index contributed by atoms with van der Waals surface area (Å²) in [6.45, 7) is 2.31. The van der Waals surface area contributed by atoms with E-state index in [9.17, 15) is 18.0 Å². The van der Waals surface area contributed by atoms with E-state index in [1.807, 2.05) is 0 Å². The fourth-order valence-corrected chi connectivity index (χ4v) is 5.48. The summed E-state index contributed by atoms with van der Waals surface area (Å²) < 4.78 is 38.4. The average molecular weight is 440 g/mol. The number of rotatable bonds is 6. The molecule has 30 heavy (non-hydrogen) atoms. The van der Waals surface area contributed by atoms with Crippen molar-refractivity contribution in [3.8, 4) is 5.75 Å². The largest absolute Gasteiger partial charge is 0.496 e. The third-order valence-corrected chi connectivity index (χ3v) is 7.35. The minimum atomic E-state index is -3.84. The van der Waals surface area contributed by atoms with Gasteiger partial charge in [-0.05, 0) is 49.9 Å². The number of amides is 2. The molecular formula is C20H29N3O6S. The minimum Gasteiger partial charge on any atom is -0.496 e. The molecular weight excluding hydrogens is 410 g/mol. The van der Waals surface area contributed by atoms with Gasteiger partial charge in [0.25, 0.3) is 0 Å². The number of benzene rings is 1. The molecule has 1 unspecified atom stereocenters. The van der Waals surface area contributed by atoms with Crippen molar-refractivity contribution in [3.63, 3.8) is 0 Å². The highest BCUT2D eigenvalue weighted by Crippen LogP contribution is 2.26. The van der Waals surface area contributed by atoms with Crippen LogP contribution in [0.25, 0.3) is 0 Å². The number of ether oxygens (including phenoxy) is 2. The van der Waals surface area contributed by atoms with Crippen molar-refractivity contribution in [1.82, 2.24) is 14.9 Å². The van der Waals surface area contributed by atoms with E-state index in [4.69, 9.17) is 9.47 Å². The Morgan fingerprint density at radius 1 is 1.20 bits per heavy atom. The summed E-state index contributed by atoms with van der Waals surface area (Å²) in [5.74, 6) is -0.882. The van der Waals surface area contributed by atoms with E-state index in [0.717, 1.165) is 25.7 Å². The predicted molar refractivity (Wildman–Crippen MR) is 109 cm³/mol. The van der Waals surface area contributed by atoms with Crippen LogP contribution in [-0.2, 0) is 24.3 Å². The lowest BCUT2D eigenvalue weighted by Gasteiger charge is -2.34. The van der Waals surface area contributed by atoms with Crippen molar-refractivity contribution in [3.05, 3.63) is 23.8 Å². The van der Waals surface area contributed by atoms with Crippen LogP contribution in [0.15, 0.2) is 23.1 Å². The number of nitrogens with one attached hydrogen (secondary N) is 2. The molecule has 1 aliphatic heterocycles. The normalized spacial score (nSPS) is 20.7. The minimum absolute atomic E-state index is 0.0318. The van der Waals surface area contributed by atoms with Crippen molar-refractivity contribution in [2.45, 2.75) is 56.2 Å². The summed E-state index contributed by atoms with van der Waals surface area (Å²) in [6.07, 6.45) is 3.49. The Morgan fingerprint density at radius 3 is 2.60 bits per heavy atom. The van der Waals surface area contributed by atoms with Crippen LogP contribution in [-0.4, -0.2) is 63.6 Å². The van der Waals surface area contributed by atoms with E-state index in [-0.39, 0.29) is 24.0 Å². The lowest BCUT2D eigenvalue weighted by Crippen LogP contribution is -2.53. The van der Waals surface area contributed by atoms with E-state index in [0.29, 0.717) is 24.3 Å². The van der Waals surface area contributed by atoms with Crippen molar-refractivity contribution >= 4 is 21.8 Å². The lowest BCUT2D eigenvalue weighted by atomic mass is 10.2. The van der Waals surface area contributed by atoms with Crippen LogP contribution in [0.3, 0.4) is 0 Å². The Morgan fingerprint density at radius 2 is 1.93 bits per heavy atom. The Balaban J connectivity index is 1.66. The summed E-state index contributed by atoms with van der Waals surface area (Å²) in [7, 11) is -2.32. The van der Waals surface area contributed by atoms with Gasteiger partial charge in [-0.15, -0.1) is 0 Å². The number of sulfonamides is 1. The van der Waals surface area contributed by atoms with Crippen LogP contribution < -0.4 is 15.4 Å². The van der Waals surface area contributed by atoms with E-state index >= 15 is 0 Å². The second-order valence-electron chi connectivity index (χ2n) is 7.59. The summed E-state index contributed by atoms with van der Waals surface area (Å²) in [5, 5.41) is 5.22. The molecule has 1 saturated heterocycles. The molecule has 3 rings (SSSR count). The molecule has 2 fully saturated rings. The molecule has 2 N–H and O–H groups in total. The number of methoxy groups -OCH3 is 1. The molecule has 0 spiro atoms. The summed E-state index contributed by atoms with van der Waals surface area (Å²) >= 11 is 0. The number of hydrogen-bond acceptors (Lipinski definition) is 6. The first-order valence-electron chi connectivity index (χ1n) is 10.2. The standard InChI is InChI=1S/C20H29N3O6S/c1-14-12-16(8-9-17(14)28-2)30(26,27)23-10-5-11-29-18(23)13-21-19(24)20(25)22-15-6-3-4-7-15/h8-9,12,15,18H,3-7,10-11,13H2,1-2H3,(H,21,24)(H,22,25). The Bertz CT molecular complexity index is 883. The average Bonchev–Trinajstić information content (AvgIpc) is 3.25. The highest BCUT2D eigenvalue weighted by atomic mass is 32.2. The van der Waals surface area contributed by atoms with Crippen LogP contribution in [0.1, 0.15) is 37.7 Å². The Hall–Kier alpha value is -2.17. The van der Waals surface area contributed by atoms with E-state index < -0.39 is 28.1 Å². The SMILES string of the molecule is COc1ccc(S(=O)(=O)N2CCCOC2CNC(=O)C(=O)NC2CCCC2)cc1C. The van der Waals surface area contributed by atoms with Gasteiger partial charge in [0.15, 0.2) is 0 Å². The molecule has 1 heterocycles. The van der Waals surface area contributed by atoms with Gasteiger partial charge in [-0.3, -0.25) is 9.59 Å². The van der Waals surface area contributed by atoms with Gasteiger partial charge in [0.2, 0.25) is 10.0 Å². The molecule has 0 radical (unpaired) electrons. The number of carbonyl (C=O) groups is 2. The maximum absolute atomic E-state index is 13.2. The van der Waals surface area contributed by atoms with Crippen LogP contribution in [0, 0.1) is 6.92 Å². The predicted octanol–water partition coefficient (Wildman–Crippen LogP) is 0.916. The van der Waals surface area contributed by atoms with E-state index in [2.05, 4.69) is 10.6 Å². The van der Waals surface area contributed by atoms with Crippen LogP contribution in [0.2, 0.25) is 0 Å². The second kappa shape index (κ2) is 9.76. The number of hydrogen-bond donors (Lipinski definition) is 2. The van der Waals surface area contributed by atoms with Crippen molar-refractivity contribution in [1.29, 1.82) is 0 Å². The highest BCUT2D eigenvalue weighted by Gasteiger charge is 2.35. The molecule has 1 aliphatic carbocycles. The molecule has 0 aromatic heterocycles. The summed E-state index contributed by atoms with van der Waals surface area (Å²) in [5.41, 5.74) is 0.699. The van der Waals surface area contributed by atoms with Gasteiger partial charge in [-0.1, -0.05) is 12.8 Å². The molecule has 166 valence electrons. The van der Waals surface area contributed by atoms with E-state index in [1.165, 1.54) is 17.5 Å². The van der Waals surface area contributed by atoms with Gasteiger partial charge in [0, 0.05) is 12.6 Å². The van der Waals surface area contributed by atoms with Crippen LogP contribution in [0.4, 0.5) is 0 Å². The zero-order valence-electron chi connectivity index (χ0n) is 17.3. The van der Waals surface area contributed by atoms with Gasteiger partial charge in [0.05, 0.1) is 25.2 Å². The fraction of sp³-hybridized carbons (Fsp3) is 0.600. The number of aryl methyl sites for hydroxylation is 1. The number of nitrogens with zero attached hydrogens (tertiary/aromatic N) is 1. The molecule has 9 nitrogen and oxygen atoms in total. The molecule has 1 aromatic rings. The smallest absolute Gasteiger partial charge is 0.309 e. The third kappa shape index (κ3) is 5.11. The fourth-order valence-electron chi connectivity index (χ4n) is 3.83. The first-order valence-corrected chi connectivity index (χ1v) is 11.6. The molecule has 10 heteroatoms. The maximum Gasteiger partial charge on any atom is 0.309 e. The Kier molecular flexibility index (Phi) is 7.32. The number of carbonyl (C=O) groups excluding carboxylic acids is 2. The molecule has 2 amide bonds. The molecule has 0 bridgehead atoms. The molecule has 1 saturated carbocycles. The van der Waals surface area contributed by atoms with Crippen molar-refractivity contribution in [2.24, 2.45) is 0 Å². The van der Waals surface area contributed by atoms with Gasteiger partial charge in [-0.25, -0.2) is 8.42 Å². The second-order valence-corrected chi connectivity index (χ2v) is 9.48. The van der Waals surface area contributed by atoms with Crippen molar-refractivity contribution in [2.75, 3.05) is 26.8 Å². The quantitative estimate of drug-likeness (QED) is 0.637. The summed E-state index contributed by atoms with van der Waals surface area (Å²) in [4.78, 5) is 24.3. The molecule has 2 aliphatic rings.